The molecule has 0 saturated heterocycles. The summed E-state index contributed by atoms with van der Waals surface area (Å²) in [5.41, 5.74) is 6.15. The van der Waals surface area contributed by atoms with Crippen molar-refractivity contribution in [1.29, 1.82) is 0 Å². The standard InChI is InChI=1S/C33H32N2O4/c1-20-29(27-19-28(27)31(36)35(3)21(2)22-7-5-4-6-8-22)30(39-34-20)25-11-9-23(10-12-25)24-13-15-26(16-14-24)33(17-18-33)32(37)38/h4-16,21,27-28H,17-19H2,1-3H3,(H,37,38)/t21-,27?,28?/m1/s1. The average molecular weight is 521 g/mol. The molecular weight excluding hydrogens is 488 g/mol. The number of rotatable bonds is 8. The van der Waals surface area contributed by atoms with Crippen LogP contribution in [0.4, 0.5) is 0 Å². The van der Waals surface area contributed by atoms with Gasteiger partial charge in [-0.3, -0.25) is 9.59 Å². The Morgan fingerprint density at radius 3 is 2.13 bits per heavy atom. The smallest absolute Gasteiger partial charge is 0.314 e. The molecule has 3 atom stereocenters. The zero-order valence-corrected chi connectivity index (χ0v) is 22.4. The summed E-state index contributed by atoms with van der Waals surface area (Å²) in [4.78, 5) is 26.8. The summed E-state index contributed by atoms with van der Waals surface area (Å²) in [6, 6.07) is 26.1. The normalized spacial score (nSPS) is 19.8. The summed E-state index contributed by atoms with van der Waals surface area (Å²) < 4.78 is 5.79. The van der Waals surface area contributed by atoms with Crippen LogP contribution in [-0.4, -0.2) is 34.1 Å². The number of benzene rings is 3. The predicted molar refractivity (Wildman–Crippen MR) is 149 cm³/mol. The molecule has 1 amide bonds. The van der Waals surface area contributed by atoms with E-state index in [0.29, 0.717) is 12.8 Å². The zero-order valence-electron chi connectivity index (χ0n) is 22.4. The molecule has 2 unspecified atom stereocenters. The summed E-state index contributed by atoms with van der Waals surface area (Å²) in [5, 5.41) is 13.8. The van der Waals surface area contributed by atoms with Crippen LogP contribution in [0.25, 0.3) is 22.5 Å². The molecule has 3 aromatic carbocycles. The summed E-state index contributed by atoms with van der Waals surface area (Å²) in [7, 11) is 1.88. The number of aliphatic carboxylic acids is 1. The highest BCUT2D eigenvalue weighted by Crippen LogP contribution is 2.53. The summed E-state index contributed by atoms with van der Waals surface area (Å²) in [6.45, 7) is 4.00. The lowest BCUT2D eigenvalue weighted by molar-refractivity contribution is -0.140. The van der Waals surface area contributed by atoms with Gasteiger partial charge in [0.2, 0.25) is 5.91 Å². The summed E-state index contributed by atoms with van der Waals surface area (Å²) >= 11 is 0. The van der Waals surface area contributed by atoms with Gasteiger partial charge in [-0.2, -0.15) is 0 Å². The van der Waals surface area contributed by atoms with Crippen LogP contribution in [-0.2, 0) is 15.0 Å². The number of carbonyl (C=O) groups excluding carboxylic acids is 1. The number of nitrogens with zero attached hydrogens (tertiary/aromatic N) is 2. The Kier molecular flexibility index (Phi) is 6.13. The Morgan fingerprint density at radius 1 is 0.949 bits per heavy atom. The molecule has 6 heteroatoms. The van der Waals surface area contributed by atoms with E-state index in [1.54, 1.807) is 0 Å². The molecule has 2 aliphatic carbocycles. The van der Waals surface area contributed by atoms with Crippen LogP contribution in [0.5, 0.6) is 0 Å². The van der Waals surface area contributed by atoms with Gasteiger partial charge in [-0.25, -0.2) is 0 Å². The van der Waals surface area contributed by atoms with E-state index < -0.39 is 11.4 Å². The number of hydrogen-bond acceptors (Lipinski definition) is 4. The topological polar surface area (TPSA) is 83.6 Å². The molecule has 198 valence electrons. The molecule has 2 aliphatic rings. The maximum Gasteiger partial charge on any atom is 0.314 e. The number of amides is 1. The number of aryl methyl sites for hydroxylation is 1. The van der Waals surface area contributed by atoms with Crippen molar-refractivity contribution in [3.63, 3.8) is 0 Å². The average Bonchev–Trinajstić information content (AvgIpc) is 3.90. The lowest BCUT2D eigenvalue weighted by atomic mass is 9.93. The SMILES string of the molecule is Cc1noc(-c2ccc(-c3ccc(C4(C(=O)O)CC4)cc3)cc2)c1C1CC1C(=O)N(C)[C@H](C)c1ccccc1. The van der Waals surface area contributed by atoms with Crippen molar-refractivity contribution in [2.75, 3.05) is 7.05 Å². The monoisotopic (exact) mass is 520 g/mol. The van der Waals surface area contributed by atoms with E-state index in [1.807, 2.05) is 85.6 Å². The van der Waals surface area contributed by atoms with Crippen LogP contribution >= 0.6 is 0 Å². The van der Waals surface area contributed by atoms with Crippen molar-refractivity contribution in [1.82, 2.24) is 10.1 Å². The number of aromatic nitrogens is 1. The van der Waals surface area contributed by atoms with Gasteiger partial charge in [0.15, 0.2) is 5.76 Å². The van der Waals surface area contributed by atoms with Gasteiger partial charge in [0.1, 0.15) is 0 Å². The van der Waals surface area contributed by atoms with E-state index in [1.165, 1.54) is 0 Å². The maximum absolute atomic E-state index is 13.4. The molecule has 0 spiro atoms. The number of carboxylic acids is 1. The highest BCUT2D eigenvalue weighted by atomic mass is 16.5. The third-order valence-corrected chi connectivity index (χ3v) is 8.67. The third kappa shape index (κ3) is 4.44. The van der Waals surface area contributed by atoms with E-state index in [9.17, 15) is 14.7 Å². The van der Waals surface area contributed by atoms with E-state index in [2.05, 4.69) is 24.2 Å². The number of carboxylic acid groups (broad SMARTS) is 1. The van der Waals surface area contributed by atoms with E-state index >= 15 is 0 Å². The Morgan fingerprint density at radius 2 is 1.54 bits per heavy atom. The quantitative estimate of drug-likeness (QED) is 0.278. The maximum atomic E-state index is 13.4. The second kappa shape index (κ2) is 9.53. The minimum Gasteiger partial charge on any atom is -0.481 e. The van der Waals surface area contributed by atoms with Crippen molar-refractivity contribution < 1.29 is 19.2 Å². The van der Waals surface area contributed by atoms with Crippen LogP contribution in [0.15, 0.2) is 83.4 Å². The molecule has 0 radical (unpaired) electrons. The van der Waals surface area contributed by atoms with Crippen molar-refractivity contribution >= 4 is 11.9 Å². The van der Waals surface area contributed by atoms with Gasteiger partial charge in [-0.15, -0.1) is 0 Å². The van der Waals surface area contributed by atoms with E-state index in [0.717, 1.165) is 51.3 Å². The molecule has 2 fully saturated rings. The van der Waals surface area contributed by atoms with Crippen LogP contribution in [0.1, 0.15) is 60.5 Å². The summed E-state index contributed by atoms with van der Waals surface area (Å²) in [5.74, 6) is 0.162. The second-order valence-electron chi connectivity index (χ2n) is 11.0. The van der Waals surface area contributed by atoms with Gasteiger partial charge >= 0.3 is 5.97 Å². The summed E-state index contributed by atoms with van der Waals surface area (Å²) in [6.07, 6.45) is 2.19. The molecule has 1 N–H and O–H groups in total. The highest BCUT2D eigenvalue weighted by molar-refractivity contribution is 5.85. The first-order valence-corrected chi connectivity index (χ1v) is 13.5. The first-order valence-electron chi connectivity index (χ1n) is 13.5. The lowest BCUT2D eigenvalue weighted by Crippen LogP contribution is -2.31. The Balaban J connectivity index is 1.18. The van der Waals surface area contributed by atoms with Gasteiger partial charge in [-0.1, -0.05) is 84.0 Å². The fourth-order valence-corrected chi connectivity index (χ4v) is 5.76. The van der Waals surface area contributed by atoms with Crippen LogP contribution in [0.3, 0.4) is 0 Å². The van der Waals surface area contributed by atoms with Crippen molar-refractivity contribution in [3.05, 3.63) is 101 Å². The van der Waals surface area contributed by atoms with E-state index in [-0.39, 0.29) is 23.8 Å². The van der Waals surface area contributed by atoms with Crippen LogP contribution in [0, 0.1) is 12.8 Å². The van der Waals surface area contributed by atoms with Crippen molar-refractivity contribution in [3.8, 4) is 22.5 Å². The van der Waals surface area contributed by atoms with Gasteiger partial charge in [0.25, 0.3) is 0 Å². The lowest BCUT2D eigenvalue weighted by Gasteiger charge is -2.25. The Bertz CT molecular complexity index is 1520. The molecule has 0 bridgehead atoms. The van der Waals surface area contributed by atoms with Gasteiger partial charge in [0, 0.05) is 30.0 Å². The second-order valence-corrected chi connectivity index (χ2v) is 11.0. The molecule has 4 aromatic rings. The van der Waals surface area contributed by atoms with E-state index in [4.69, 9.17) is 4.52 Å². The molecule has 39 heavy (non-hydrogen) atoms. The van der Waals surface area contributed by atoms with Gasteiger partial charge < -0.3 is 14.5 Å². The molecule has 0 aliphatic heterocycles. The third-order valence-electron chi connectivity index (χ3n) is 8.67. The van der Waals surface area contributed by atoms with Gasteiger partial charge in [-0.05, 0) is 55.4 Å². The van der Waals surface area contributed by atoms with Gasteiger partial charge in [0.05, 0.1) is 17.2 Å². The molecular formula is C33H32N2O4. The van der Waals surface area contributed by atoms with Crippen molar-refractivity contribution in [2.24, 2.45) is 5.92 Å². The fraction of sp³-hybridized carbons (Fsp3) is 0.303. The molecule has 6 nitrogen and oxygen atoms in total. The molecule has 2 saturated carbocycles. The number of carbonyl (C=O) groups is 2. The minimum atomic E-state index is -0.741. The highest BCUT2D eigenvalue weighted by Gasteiger charge is 2.51. The Hall–Kier alpha value is -4.19. The predicted octanol–water partition coefficient (Wildman–Crippen LogP) is 6.76. The minimum absolute atomic E-state index is 0.00328. The first kappa shape index (κ1) is 25.1. The van der Waals surface area contributed by atoms with Crippen LogP contribution in [0.2, 0.25) is 0 Å². The first-order chi connectivity index (χ1) is 18.8. The van der Waals surface area contributed by atoms with Crippen molar-refractivity contribution in [2.45, 2.75) is 50.5 Å². The molecule has 6 rings (SSSR count). The molecule has 1 heterocycles. The number of hydrogen-bond donors (Lipinski definition) is 1. The Labute approximate surface area is 228 Å². The zero-order chi connectivity index (χ0) is 27.3. The molecule has 1 aromatic heterocycles. The largest absolute Gasteiger partial charge is 0.481 e. The fourth-order valence-electron chi connectivity index (χ4n) is 5.76. The van der Waals surface area contributed by atoms with Crippen LogP contribution < -0.4 is 0 Å².